The summed E-state index contributed by atoms with van der Waals surface area (Å²) in [4.78, 5) is 35.1. The van der Waals surface area contributed by atoms with Crippen molar-refractivity contribution in [1.29, 1.82) is 0 Å². The number of carbonyl (C=O) groups excluding carboxylic acids is 2. The van der Waals surface area contributed by atoms with Gasteiger partial charge in [0, 0.05) is 6.92 Å². The van der Waals surface area contributed by atoms with Crippen LogP contribution in [0.5, 0.6) is 11.5 Å². The van der Waals surface area contributed by atoms with E-state index in [4.69, 9.17) is 24.1 Å². The normalized spacial score (nSPS) is 19.3. The van der Waals surface area contributed by atoms with Gasteiger partial charge < -0.3 is 24.1 Å². The number of amides is 1. The van der Waals surface area contributed by atoms with Crippen LogP contribution < -0.4 is 14.8 Å². The van der Waals surface area contributed by atoms with Gasteiger partial charge in [-0.25, -0.2) is 4.79 Å². The highest BCUT2D eigenvalue weighted by atomic mass is 16.6. The third-order valence-electron chi connectivity index (χ3n) is 3.52. The molecule has 0 bridgehead atoms. The number of benzene rings is 1. The van der Waals surface area contributed by atoms with E-state index in [1.165, 1.54) is 21.1 Å². The van der Waals surface area contributed by atoms with Gasteiger partial charge in [-0.1, -0.05) is 6.07 Å². The first-order valence-electron chi connectivity index (χ1n) is 7.12. The SMILES string of the molecule is COc1cccc(OC)c1C1(C)OC(NC(=O)O)=C(OC(C)=O)C1=O. The van der Waals surface area contributed by atoms with Gasteiger partial charge in [-0.15, -0.1) is 0 Å². The van der Waals surface area contributed by atoms with Gasteiger partial charge in [-0.2, -0.15) is 0 Å². The van der Waals surface area contributed by atoms with E-state index in [0.29, 0.717) is 0 Å². The summed E-state index contributed by atoms with van der Waals surface area (Å²) < 4.78 is 21.0. The molecule has 25 heavy (non-hydrogen) atoms. The average Bonchev–Trinajstić information content (AvgIpc) is 2.78. The molecule has 134 valence electrons. The predicted octanol–water partition coefficient (Wildman–Crippen LogP) is 1.52. The van der Waals surface area contributed by atoms with Crippen LogP contribution in [0.4, 0.5) is 4.79 Å². The standard InChI is InChI=1S/C16H17NO8/c1-8(18)24-12-13(19)16(2,25-14(12)17-15(20)21)11-9(22-3)6-5-7-10(11)23-4/h5-7,17H,1-4H3,(H,20,21). The van der Waals surface area contributed by atoms with Gasteiger partial charge in [0.05, 0.1) is 19.8 Å². The number of carboxylic acid groups (broad SMARTS) is 1. The van der Waals surface area contributed by atoms with Gasteiger partial charge in [0.2, 0.25) is 17.2 Å². The molecule has 1 unspecified atom stereocenters. The van der Waals surface area contributed by atoms with Crippen LogP contribution in [0.25, 0.3) is 0 Å². The van der Waals surface area contributed by atoms with E-state index in [1.807, 2.05) is 5.32 Å². The maximum absolute atomic E-state index is 12.9. The summed E-state index contributed by atoms with van der Waals surface area (Å²) in [5, 5.41) is 10.8. The first-order valence-corrected chi connectivity index (χ1v) is 7.12. The van der Waals surface area contributed by atoms with Gasteiger partial charge in [0.25, 0.3) is 5.78 Å². The van der Waals surface area contributed by atoms with Crippen molar-refractivity contribution in [2.45, 2.75) is 19.4 Å². The van der Waals surface area contributed by atoms with Crippen molar-refractivity contribution < 1.29 is 38.4 Å². The number of ketones is 1. The lowest BCUT2D eigenvalue weighted by Crippen LogP contribution is -2.33. The number of esters is 1. The summed E-state index contributed by atoms with van der Waals surface area (Å²) in [6.45, 7) is 2.48. The molecule has 1 aromatic rings. The second-order valence-corrected chi connectivity index (χ2v) is 5.18. The van der Waals surface area contributed by atoms with Crippen molar-refractivity contribution in [2.75, 3.05) is 14.2 Å². The highest BCUT2D eigenvalue weighted by molar-refractivity contribution is 6.05. The minimum Gasteiger partial charge on any atom is -0.496 e. The molecule has 0 radical (unpaired) electrons. The van der Waals surface area contributed by atoms with Crippen LogP contribution in [0.1, 0.15) is 19.4 Å². The Labute approximate surface area is 143 Å². The van der Waals surface area contributed by atoms with E-state index in [1.54, 1.807) is 18.2 Å². The average molecular weight is 351 g/mol. The van der Waals surface area contributed by atoms with Gasteiger partial charge in [0.15, 0.2) is 0 Å². The topological polar surface area (TPSA) is 120 Å². The largest absolute Gasteiger partial charge is 0.496 e. The molecule has 0 spiro atoms. The predicted molar refractivity (Wildman–Crippen MR) is 82.9 cm³/mol. The summed E-state index contributed by atoms with van der Waals surface area (Å²) in [6.07, 6.45) is -1.48. The summed E-state index contributed by atoms with van der Waals surface area (Å²) >= 11 is 0. The number of carbonyl (C=O) groups is 3. The quantitative estimate of drug-likeness (QED) is 0.766. The minimum atomic E-state index is -1.72. The van der Waals surface area contributed by atoms with Crippen molar-refractivity contribution in [1.82, 2.24) is 5.32 Å². The second-order valence-electron chi connectivity index (χ2n) is 5.18. The zero-order chi connectivity index (χ0) is 18.8. The molecule has 1 aromatic carbocycles. The molecule has 1 aliphatic rings. The number of hydrogen-bond donors (Lipinski definition) is 2. The third-order valence-corrected chi connectivity index (χ3v) is 3.52. The smallest absolute Gasteiger partial charge is 0.411 e. The lowest BCUT2D eigenvalue weighted by Gasteiger charge is -2.27. The van der Waals surface area contributed by atoms with Gasteiger partial charge in [-0.05, 0) is 19.1 Å². The zero-order valence-electron chi connectivity index (χ0n) is 14.0. The van der Waals surface area contributed by atoms with Gasteiger partial charge in [0.1, 0.15) is 11.5 Å². The molecular formula is C16H17NO8. The second kappa shape index (κ2) is 6.71. The van der Waals surface area contributed by atoms with E-state index in [2.05, 4.69) is 0 Å². The van der Waals surface area contributed by atoms with Crippen molar-refractivity contribution >= 4 is 17.8 Å². The molecule has 9 heteroatoms. The van der Waals surface area contributed by atoms with Crippen molar-refractivity contribution in [3.05, 3.63) is 35.4 Å². The summed E-state index contributed by atoms with van der Waals surface area (Å²) in [5.74, 6) is -2.00. The van der Waals surface area contributed by atoms with Crippen molar-refractivity contribution in [3.63, 3.8) is 0 Å². The first-order chi connectivity index (χ1) is 11.7. The van der Waals surface area contributed by atoms with Crippen LogP contribution in [0.2, 0.25) is 0 Å². The molecule has 0 saturated carbocycles. The molecule has 0 aliphatic carbocycles. The molecule has 9 nitrogen and oxygen atoms in total. The van der Waals surface area contributed by atoms with Crippen LogP contribution in [0.3, 0.4) is 0 Å². The zero-order valence-corrected chi connectivity index (χ0v) is 14.0. The number of Topliss-reactive ketones (excluding diaryl/α,β-unsaturated/α-hetero) is 1. The molecular weight excluding hydrogens is 334 g/mol. The Bertz CT molecular complexity index is 747. The van der Waals surface area contributed by atoms with Crippen LogP contribution in [-0.4, -0.2) is 37.2 Å². The van der Waals surface area contributed by atoms with Crippen molar-refractivity contribution in [2.24, 2.45) is 0 Å². The highest BCUT2D eigenvalue weighted by Crippen LogP contribution is 2.46. The number of methoxy groups -OCH3 is 2. The van der Waals surface area contributed by atoms with E-state index in [9.17, 15) is 14.4 Å². The Morgan fingerprint density at radius 2 is 1.76 bits per heavy atom. The molecule has 1 atom stereocenters. The van der Waals surface area contributed by atoms with Crippen LogP contribution in [0, 0.1) is 0 Å². The molecule has 1 heterocycles. The molecule has 2 N–H and O–H groups in total. The highest BCUT2D eigenvalue weighted by Gasteiger charge is 2.52. The first kappa shape index (κ1) is 18.1. The Kier molecular flexibility index (Phi) is 4.87. The lowest BCUT2D eigenvalue weighted by atomic mass is 9.90. The number of rotatable bonds is 5. The molecule has 0 aromatic heterocycles. The van der Waals surface area contributed by atoms with Gasteiger partial charge >= 0.3 is 12.1 Å². The van der Waals surface area contributed by atoms with E-state index in [-0.39, 0.29) is 17.1 Å². The molecule has 0 fully saturated rings. The summed E-state index contributed by atoms with van der Waals surface area (Å²) in [6, 6.07) is 4.84. The van der Waals surface area contributed by atoms with E-state index in [0.717, 1.165) is 6.92 Å². The van der Waals surface area contributed by atoms with E-state index >= 15 is 0 Å². The Balaban J connectivity index is 2.59. The fourth-order valence-electron chi connectivity index (χ4n) is 2.52. The van der Waals surface area contributed by atoms with Gasteiger partial charge in [-0.3, -0.25) is 14.9 Å². The minimum absolute atomic E-state index is 0.233. The summed E-state index contributed by atoms with van der Waals surface area (Å²) in [7, 11) is 2.80. The number of nitrogens with one attached hydrogen (secondary N) is 1. The molecule has 1 amide bonds. The van der Waals surface area contributed by atoms with Crippen molar-refractivity contribution in [3.8, 4) is 11.5 Å². The van der Waals surface area contributed by atoms with Crippen LogP contribution >= 0.6 is 0 Å². The fourth-order valence-corrected chi connectivity index (χ4v) is 2.52. The molecule has 0 saturated heterocycles. The van der Waals surface area contributed by atoms with Crippen LogP contribution in [0.15, 0.2) is 29.8 Å². The Morgan fingerprint density at radius 1 is 1.20 bits per heavy atom. The summed E-state index contributed by atoms with van der Waals surface area (Å²) in [5.41, 5.74) is -1.49. The molecule has 2 rings (SSSR count). The Morgan fingerprint density at radius 3 is 2.20 bits per heavy atom. The third kappa shape index (κ3) is 3.21. The Hall–Kier alpha value is -3.23. The number of ether oxygens (including phenoxy) is 4. The van der Waals surface area contributed by atoms with E-state index < -0.39 is 35.1 Å². The lowest BCUT2D eigenvalue weighted by molar-refractivity contribution is -0.142. The van der Waals surface area contributed by atoms with Crippen LogP contribution in [-0.2, 0) is 24.7 Å². The maximum Gasteiger partial charge on any atom is 0.411 e. The number of hydrogen-bond acceptors (Lipinski definition) is 7. The fraction of sp³-hybridized carbons (Fsp3) is 0.312. The monoisotopic (exact) mass is 351 g/mol. The molecule has 1 aliphatic heterocycles. The maximum atomic E-state index is 12.9.